The number of nitrogens with zero attached hydrogens (tertiary/aromatic N) is 1. The molecule has 0 N–H and O–H groups in total. The fourth-order valence-electron chi connectivity index (χ4n) is 4.31. The molecule has 0 spiro atoms. The number of ether oxygens (including phenoxy) is 1. The smallest absolute Gasteiger partial charge is 0.339 e. The molecule has 0 saturated carbocycles. The van der Waals surface area contributed by atoms with E-state index in [2.05, 4.69) is 0 Å². The molecule has 1 atom stereocenters. The summed E-state index contributed by atoms with van der Waals surface area (Å²) >= 11 is 0. The molecule has 0 fully saturated rings. The summed E-state index contributed by atoms with van der Waals surface area (Å²) in [7, 11) is 1.32. The molecule has 0 bridgehead atoms. The van der Waals surface area contributed by atoms with Crippen molar-refractivity contribution in [2.75, 3.05) is 12.0 Å². The Morgan fingerprint density at radius 2 is 1.76 bits per heavy atom. The minimum absolute atomic E-state index is 0.0878. The van der Waals surface area contributed by atoms with Gasteiger partial charge in [-0.25, -0.2) is 4.79 Å². The second kappa shape index (κ2) is 7.66. The van der Waals surface area contributed by atoms with Crippen molar-refractivity contribution >= 4 is 23.3 Å². The molecule has 2 aliphatic rings. The topological polar surface area (TPSA) is 63.7 Å². The number of amides is 1. The zero-order valence-electron chi connectivity index (χ0n) is 16.6. The van der Waals surface area contributed by atoms with Crippen molar-refractivity contribution in [2.45, 2.75) is 38.5 Å². The van der Waals surface area contributed by atoms with Gasteiger partial charge in [0.05, 0.1) is 18.4 Å². The lowest BCUT2D eigenvalue weighted by Gasteiger charge is -2.38. The highest BCUT2D eigenvalue weighted by Crippen LogP contribution is 2.44. The molecule has 5 heteroatoms. The van der Waals surface area contributed by atoms with Crippen LogP contribution in [-0.4, -0.2) is 24.8 Å². The Morgan fingerprint density at radius 3 is 2.48 bits per heavy atom. The third kappa shape index (κ3) is 3.37. The van der Waals surface area contributed by atoms with E-state index in [0.717, 1.165) is 16.8 Å². The molecule has 0 saturated heterocycles. The number of ketones is 1. The standard InChI is InChI=1S/C24H23NO4/c1-15-10-12-16(13-11-15)18-14-22(27)25(20-8-5-9-21(26)23(18)20)19-7-4-3-6-17(19)24(28)29-2/h3-4,6-7,10-13,18H,5,8-9,14H2,1-2H3. The van der Waals surface area contributed by atoms with Gasteiger partial charge in [0.25, 0.3) is 0 Å². The monoisotopic (exact) mass is 389 g/mol. The minimum Gasteiger partial charge on any atom is -0.465 e. The number of aryl methyl sites for hydroxylation is 1. The maximum atomic E-state index is 13.3. The van der Waals surface area contributed by atoms with Crippen molar-refractivity contribution < 1.29 is 19.1 Å². The molecular formula is C24H23NO4. The molecule has 0 radical (unpaired) electrons. The van der Waals surface area contributed by atoms with Crippen LogP contribution in [0.4, 0.5) is 5.69 Å². The molecule has 1 amide bonds. The summed E-state index contributed by atoms with van der Waals surface area (Å²) in [5.41, 5.74) is 4.34. The molecule has 1 aliphatic heterocycles. The Morgan fingerprint density at radius 1 is 1.03 bits per heavy atom. The summed E-state index contributed by atoms with van der Waals surface area (Å²) in [5.74, 6) is -0.768. The molecule has 148 valence electrons. The SMILES string of the molecule is COC(=O)c1ccccc1N1C(=O)CC(c2ccc(C)cc2)C2=C1CCCC2=O. The van der Waals surface area contributed by atoms with E-state index in [9.17, 15) is 14.4 Å². The molecule has 29 heavy (non-hydrogen) atoms. The van der Waals surface area contributed by atoms with Crippen LogP contribution in [0.1, 0.15) is 53.1 Å². The number of hydrogen-bond acceptors (Lipinski definition) is 4. The number of Topliss-reactive ketones (excluding diaryl/α,β-unsaturated/α-hetero) is 1. The third-order valence-electron chi connectivity index (χ3n) is 5.71. The van der Waals surface area contributed by atoms with E-state index >= 15 is 0 Å². The van der Waals surface area contributed by atoms with Crippen LogP contribution in [-0.2, 0) is 14.3 Å². The lowest BCUT2D eigenvalue weighted by atomic mass is 9.77. The van der Waals surface area contributed by atoms with Gasteiger partial charge in [-0.2, -0.15) is 0 Å². The number of para-hydroxylation sites is 1. The molecule has 1 aliphatic carbocycles. The van der Waals surface area contributed by atoms with Crippen LogP contribution in [0.15, 0.2) is 59.8 Å². The van der Waals surface area contributed by atoms with Gasteiger partial charge in [0.15, 0.2) is 5.78 Å². The summed E-state index contributed by atoms with van der Waals surface area (Å²) in [6.45, 7) is 2.01. The second-order valence-corrected chi connectivity index (χ2v) is 7.54. The summed E-state index contributed by atoms with van der Waals surface area (Å²) in [4.78, 5) is 40.1. The summed E-state index contributed by atoms with van der Waals surface area (Å²) in [6, 6.07) is 14.9. The van der Waals surface area contributed by atoms with Crippen molar-refractivity contribution in [3.05, 3.63) is 76.5 Å². The largest absolute Gasteiger partial charge is 0.465 e. The molecule has 4 rings (SSSR count). The summed E-state index contributed by atoms with van der Waals surface area (Å²) in [6.07, 6.45) is 2.01. The van der Waals surface area contributed by atoms with E-state index < -0.39 is 5.97 Å². The first-order valence-electron chi connectivity index (χ1n) is 9.84. The molecule has 0 aromatic heterocycles. The highest BCUT2D eigenvalue weighted by atomic mass is 16.5. The van der Waals surface area contributed by atoms with Gasteiger partial charge in [0.1, 0.15) is 0 Å². The van der Waals surface area contributed by atoms with Crippen molar-refractivity contribution in [2.24, 2.45) is 0 Å². The van der Waals surface area contributed by atoms with E-state index in [1.54, 1.807) is 29.2 Å². The lowest BCUT2D eigenvalue weighted by molar-refractivity contribution is -0.119. The normalized spacial score (nSPS) is 19.2. The van der Waals surface area contributed by atoms with Gasteiger partial charge in [-0.1, -0.05) is 42.0 Å². The van der Waals surface area contributed by atoms with Crippen molar-refractivity contribution in [1.29, 1.82) is 0 Å². The average molecular weight is 389 g/mol. The van der Waals surface area contributed by atoms with Gasteiger partial charge in [-0.15, -0.1) is 0 Å². The summed E-state index contributed by atoms with van der Waals surface area (Å²) < 4.78 is 4.90. The number of rotatable bonds is 3. The molecule has 5 nitrogen and oxygen atoms in total. The van der Waals surface area contributed by atoms with Crippen LogP contribution in [0.25, 0.3) is 0 Å². The molecule has 2 aromatic rings. The van der Waals surface area contributed by atoms with Crippen LogP contribution in [0.2, 0.25) is 0 Å². The highest BCUT2D eigenvalue weighted by Gasteiger charge is 2.40. The minimum atomic E-state index is -0.502. The van der Waals surface area contributed by atoms with E-state index in [4.69, 9.17) is 4.74 Å². The summed E-state index contributed by atoms with van der Waals surface area (Å²) in [5, 5.41) is 0. The molecular weight excluding hydrogens is 366 g/mol. The Balaban J connectivity index is 1.88. The lowest BCUT2D eigenvalue weighted by Crippen LogP contribution is -2.41. The predicted molar refractivity (Wildman–Crippen MR) is 110 cm³/mol. The van der Waals surface area contributed by atoms with E-state index in [1.807, 2.05) is 31.2 Å². The van der Waals surface area contributed by atoms with Gasteiger partial charge in [-0.05, 0) is 37.5 Å². The van der Waals surface area contributed by atoms with E-state index in [-0.39, 0.29) is 24.0 Å². The second-order valence-electron chi connectivity index (χ2n) is 7.54. The fourth-order valence-corrected chi connectivity index (χ4v) is 4.31. The third-order valence-corrected chi connectivity index (χ3v) is 5.71. The van der Waals surface area contributed by atoms with Gasteiger partial charge in [-0.3, -0.25) is 14.5 Å². The van der Waals surface area contributed by atoms with Crippen LogP contribution in [0.5, 0.6) is 0 Å². The number of carbonyl (C=O) groups is 3. The Bertz CT molecular complexity index is 1020. The number of hydrogen-bond donors (Lipinski definition) is 0. The van der Waals surface area contributed by atoms with Gasteiger partial charge in [0, 0.05) is 30.0 Å². The number of esters is 1. The zero-order valence-corrected chi connectivity index (χ0v) is 16.6. The van der Waals surface area contributed by atoms with Crippen molar-refractivity contribution in [3.63, 3.8) is 0 Å². The maximum absolute atomic E-state index is 13.3. The van der Waals surface area contributed by atoms with Gasteiger partial charge in [0.2, 0.25) is 5.91 Å². The molecule has 2 aromatic carbocycles. The maximum Gasteiger partial charge on any atom is 0.339 e. The van der Waals surface area contributed by atoms with Crippen LogP contribution in [0.3, 0.4) is 0 Å². The van der Waals surface area contributed by atoms with Crippen LogP contribution >= 0.6 is 0 Å². The average Bonchev–Trinajstić information content (AvgIpc) is 2.73. The highest BCUT2D eigenvalue weighted by molar-refractivity contribution is 6.10. The van der Waals surface area contributed by atoms with Crippen LogP contribution < -0.4 is 4.90 Å². The quantitative estimate of drug-likeness (QED) is 0.734. The van der Waals surface area contributed by atoms with E-state index in [1.165, 1.54) is 7.11 Å². The Kier molecular flexibility index (Phi) is 5.05. The predicted octanol–water partition coefficient (Wildman–Crippen LogP) is 4.31. The Hall–Kier alpha value is -3.21. The van der Waals surface area contributed by atoms with Gasteiger partial charge >= 0.3 is 5.97 Å². The van der Waals surface area contributed by atoms with E-state index in [0.29, 0.717) is 36.1 Å². The fraction of sp³-hybridized carbons (Fsp3) is 0.292. The van der Waals surface area contributed by atoms with Crippen LogP contribution in [0, 0.1) is 6.92 Å². The first kappa shape index (κ1) is 19.1. The number of benzene rings is 2. The number of carbonyl (C=O) groups excluding carboxylic acids is 3. The first-order chi connectivity index (χ1) is 14.0. The zero-order chi connectivity index (χ0) is 20.5. The Labute approximate surface area is 170 Å². The van der Waals surface area contributed by atoms with Crippen molar-refractivity contribution in [3.8, 4) is 0 Å². The van der Waals surface area contributed by atoms with Gasteiger partial charge < -0.3 is 4.74 Å². The number of methoxy groups -OCH3 is 1. The number of allylic oxidation sites excluding steroid dienone is 2. The molecule has 1 unspecified atom stereocenters. The first-order valence-corrected chi connectivity index (χ1v) is 9.84. The number of anilines is 1. The molecule has 1 heterocycles. The van der Waals surface area contributed by atoms with Crippen molar-refractivity contribution in [1.82, 2.24) is 0 Å².